The topological polar surface area (TPSA) is 69.6 Å². The van der Waals surface area contributed by atoms with Crippen molar-refractivity contribution in [1.29, 1.82) is 0 Å². The van der Waals surface area contributed by atoms with E-state index in [-0.39, 0.29) is 17.5 Å². The predicted molar refractivity (Wildman–Crippen MR) is 87.1 cm³/mol. The fourth-order valence-electron chi connectivity index (χ4n) is 2.41. The Morgan fingerprint density at radius 2 is 2.00 bits per heavy atom. The highest BCUT2D eigenvalue weighted by atomic mass is 32.2. The number of nitrogens with one attached hydrogen (secondary N) is 1. The van der Waals surface area contributed by atoms with Crippen molar-refractivity contribution in [1.82, 2.24) is 9.62 Å². The van der Waals surface area contributed by atoms with Crippen LogP contribution in [0.5, 0.6) is 0 Å². The molecule has 0 radical (unpaired) electrons. The minimum Gasteiger partial charge on any atom is -0.391 e. The zero-order valence-corrected chi connectivity index (χ0v) is 15.0. The molecule has 0 bridgehead atoms. The average molecular weight is 335 g/mol. The van der Waals surface area contributed by atoms with Gasteiger partial charge < -0.3 is 10.0 Å². The molecule has 1 unspecified atom stereocenters. The normalized spacial score (nSPS) is 14.1. The van der Waals surface area contributed by atoms with Gasteiger partial charge in [-0.3, -0.25) is 0 Å². The molecule has 1 heterocycles. The van der Waals surface area contributed by atoms with Crippen molar-refractivity contribution in [3.8, 4) is 0 Å². The Hall–Kier alpha value is -0.470. The molecule has 21 heavy (non-hydrogen) atoms. The van der Waals surface area contributed by atoms with Gasteiger partial charge in [0.25, 0.3) is 0 Å². The van der Waals surface area contributed by atoms with E-state index in [1.54, 1.807) is 12.3 Å². The van der Waals surface area contributed by atoms with E-state index in [1.807, 2.05) is 19.0 Å². The van der Waals surface area contributed by atoms with Gasteiger partial charge in [-0.25, -0.2) is 13.1 Å². The second-order valence-electron chi connectivity index (χ2n) is 6.04. The largest absolute Gasteiger partial charge is 0.391 e. The predicted octanol–water partition coefficient (Wildman–Crippen LogP) is 1.80. The summed E-state index contributed by atoms with van der Waals surface area (Å²) < 4.78 is 28.1. The molecule has 1 atom stereocenters. The summed E-state index contributed by atoms with van der Waals surface area (Å²) in [7, 11) is 0.247. The molecule has 0 fully saturated rings. The van der Waals surface area contributed by atoms with Crippen molar-refractivity contribution < 1.29 is 13.5 Å². The fraction of sp³-hybridized carbons (Fsp3) is 0.714. The van der Waals surface area contributed by atoms with E-state index in [0.717, 1.165) is 6.42 Å². The zero-order valence-electron chi connectivity index (χ0n) is 13.4. The summed E-state index contributed by atoms with van der Waals surface area (Å²) in [6.07, 6.45) is 0.773. The summed E-state index contributed by atoms with van der Waals surface area (Å²) in [5, 5.41) is 11.1. The van der Waals surface area contributed by atoms with Crippen LogP contribution in [0.15, 0.2) is 10.3 Å². The van der Waals surface area contributed by atoms with Gasteiger partial charge in [0.2, 0.25) is 10.0 Å². The second-order valence-corrected chi connectivity index (χ2v) is 8.65. The first-order valence-corrected chi connectivity index (χ1v) is 9.38. The van der Waals surface area contributed by atoms with Gasteiger partial charge in [0.1, 0.15) is 4.90 Å². The first kappa shape index (κ1) is 18.6. The van der Waals surface area contributed by atoms with Crippen LogP contribution in [0.25, 0.3) is 0 Å². The molecule has 122 valence electrons. The van der Waals surface area contributed by atoms with Gasteiger partial charge in [0.15, 0.2) is 0 Å². The number of nitrogens with zero attached hydrogens (tertiary/aromatic N) is 1. The van der Waals surface area contributed by atoms with Crippen LogP contribution >= 0.6 is 11.3 Å². The lowest BCUT2D eigenvalue weighted by molar-refractivity contribution is 0.282. The summed E-state index contributed by atoms with van der Waals surface area (Å²) in [6, 6.07) is -0.143. The molecule has 7 heteroatoms. The van der Waals surface area contributed by atoms with Crippen molar-refractivity contribution in [3.05, 3.63) is 15.8 Å². The van der Waals surface area contributed by atoms with E-state index in [1.165, 1.54) is 11.3 Å². The number of aryl methyl sites for hydroxylation is 1. The maximum absolute atomic E-state index is 12.6. The van der Waals surface area contributed by atoms with E-state index in [9.17, 15) is 13.5 Å². The highest BCUT2D eigenvalue weighted by Gasteiger charge is 2.26. The van der Waals surface area contributed by atoms with Crippen LogP contribution in [-0.4, -0.2) is 45.1 Å². The number of hydrogen-bond donors (Lipinski definition) is 2. The highest BCUT2D eigenvalue weighted by Crippen LogP contribution is 2.27. The zero-order chi connectivity index (χ0) is 16.2. The van der Waals surface area contributed by atoms with Gasteiger partial charge in [-0.15, -0.1) is 11.3 Å². The smallest absolute Gasteiger partial charge is 0.242 e. The van der Waals surface area contributed by atoms with E-state index in [2.05, 4.69) is 18.6 Å². The molecule has 1 rings (SSSR count). The molecule has 2 N–H and O–H groups in total. The minimum atomic E-state index is -3.61. The van der Waals surface area contributed by atoms with Crippen LogP contribution in [0, 0.1) is 12.8 Å². The number of hydrogen-bond acceptors (Lipinski definition) is 5. The maximum atomic E-state index is 12.6. The first-order valence-electron chi connectivity index (χ1n) is 7.02. The molecule has 0 spiro atoms. The number of rotatable bonds is 8. The van der Waals surface area contributed by atoms with Crippen molar-refractivity contribution in [2.75, 3.05) is 20.6 Å². The molecule has 0 aliphatic heterocycles. The Kier molecular flexibility index (Phi) is 6.80. The van der Waals surface area contributed by atoms with Gasteiger partial charge in [-0.2, -0.15) is 0 Å². The van der Waals surface area contributed by atoms with Crippen LogP contribution < -0.4 is 4.72 Å². The Labute approximate surface area is 132 Å². The lowest BCUT2D eigenvalue weighted by Crippen LogP contribution is -2.42. The number of likely N-dealkylation sites (N-methyl/N-ethyl adjacent to an activating group) is 1. The Morgan fingerprint density at radius 1 is 1.38 bits per heavy atom. The molecule has 0 aromatic carbocycles. The molecule has 1 aromatic rings. The second kappa shape index (κ2) is 7.69. The van der Waals surface area contributed by atoms with Gasteiger partial charge >= 0.3 is 0 Å². The van der Waals surface area contributed by atoms with E-state index in [0.29, 0.717) is 22.9 Å². The number of sulfonamides is 1. The molecular weight excluding hydrogens is 308 g/mol. The lowest BCUT2D eigenvalue weighted by atomic mass is 10.0. The standard InChI is InChI=1S/C14H26N2O3S2/c1-10(2)6-12(7-16(4)5)15-21(18,19)14-11(3)9-20-13(14)8-17/h9-10,12,15,17H,6-8H2,1-5H3. The van der Waals surface area contributed by atoms with Crippen LogP contribution in [0.1, 0.15) is 30.7 Å². The van der Waals surface area contributed by atoms with Crippen LogP contribution in [-0.2, 0) is 16.6 Å². The van der Waals surface area contributed by atoms with Gasteiger partial charge in [0, 0.05) is 12.6 Å². The van der Waals surface area contributed by atoms with E-state index < -0.39 is 10.0 Å². The van der Waals surface area contributed by atoms with Crippen LogP contribution in [0.3, 0.4) is 0 Å². The van der Waals surface area contributed by atoms with Crippen molar-refractivity contribution in [2.24, 2.45) is 5.92 Å². The molecule has 1 aromatic heterocycles. The van der Waals surface area contributed by atoms with Crippen LogP contribution in [0.2, 0.25) is 0 Å². The third-order valence-corrected chi connectivity index (χ3v) is 6.03. The lowest BCUT2D eigenvalue weighted by Gasteiger charge is -2.24. The summed E-state index contributed by atoms with van der Waals surface area (Å²) in [5.41, 5.74) is 0.685. The summed E-state index contributed by atoms with van der Waals surface area (Å²) in [6.45, 7) is 6.30. The van der Waals surface area contributed by atoms with Gasteiger partial charge in [0.05, 0.1) is 11.5 Å². The van der Waals surface area contributed by atoms with Gasteiger partial charge in [-0.05, 0) is 44.3 Å². The molecule has 0 saturated heterocycles. The Bertz CT molecular complexity index is 541. The van der Waals surface area contributed by atoms with Crippen molar-refractivity contribution in [3.63, 3.8) is 0 Å². The summed E-state index contributed by atoms with van der Waals surface area (Å²) >= 11 is 1.28. The fourth-order valence-corrected chi connectivity index (χ4v) is 5.31. The van der Waals surface area contributed by atoms with Crippen molar-refractivity contribution in [2.45, 2.75) is 44.7 Å². The quantitative estimate of drug-likeness (QED) is 0.761. The molecule has 0 saturated carbocycles. The average Bonchev–Trinajstić information content (AvgIpc) is 2.68. The Balaban J connectivity index is 3.02. The van der Waals surface area contributed by atoms with E-state index in [4.69, 9.17) is 0 Å². The third kappa shape index (κ3) is 5.34. The highest BCUT2D eigenvalue weighted by molar-refractivity contribution is 7.89. The maximum Gasteiger partial charge on any atom is 0.242 e. The number of aliphatic hydroxyl groups is 1. The number of thiophene rings is 1. The van der Waals surface area contributed by atoms with Crippen LogP contribution in [0.4, 0.5) is 0 Å². The molecule has 0 amide bonds. The molecular formula is C14H26N2O3S2. The Morgan fingerprint density at radius 3 is 2.48 bits per heavy atom. The number of aliphatic hydroxyl groups excluding tert-OH is 1. The van der Waals surface area contributed by atoms with Gasteiger partial charge in [-0.1, -0.05) is 13.8 Å². The molecule has 0 aliphatic carbocycles. The van der Waals surface area contributed by atoms with Crippen molar-refractivity contribution >= 4 is 21.4 Å². The minimum absolute atomic E-state index is 0.143. The SMILES string of the molecule is Cc1csc(CO)c1S(=O)(=O)NC(CC(C)C)CN(C)C. The van der Waals surface area contributed by atoms with E-state index >= 15 is 0 Å². The monoisotopic (exact) mass is 334 g/mol. The third-order valence-electron chi connectivity index (χ3n) is 3.06. The molecule has 5 nitrogen and oxygen atoms in total. The summed E-state index contributed by atoms with van der Waals surface area (Å²) in [5.74, 6) is 0.401. The molecule has 0 aliphatic rings. The summed E-state index contributed by atoms with van der Waals surface area (Å²) in [4.78, 5) is 2.71. The first-order chi connectivity index (χ1) is 9.67.